The molecule has 0 heterocycles. The van der Waals surface area contributed by atoms with E-state index in [4.69, 9.17) is 5.11 Å². The first kappa shape index (κ1) is 16.1. The minimum absolute atomic E-state index is 0.0992. The lowest BCUT2D eigenvalue weighted by atomic mass is 10.2. The maximum atomic E-state index is 12.1. The quantitative estimate of drug-likeness (QED) is 0.801. The van der Waals surface area contributed by atoms with Crippen LogP contribution >= 0.6 is 15.9 Å². The molecule has 19 heavy (non-hydrogen) atoms. The van der Waals surface area contributed by atoms with Gasteiger partial charge in [0, 0.05) is 18.1 Å². The second-order valence-electron chi connectivity index (χ2n) is 3.82. The van der Waals surface area contributed by atoms with Gasteiger partial charge in [0.05, 0.1) is 4.90 Å². The second-order valence-corrected chi connectivity index (χ2v) is 6.48. The molecule has 1 aromatic rings. The number of halogens is 1. The second kappa shape index (κ2) is 6.47. The van der Waals surface area contributed by atoms with E-state index in [0.717, 1.165) is 0 Å². The van der Waals surface area contributed by atoms with Crippen molar-refractivity contribution < 1.29 is 23.1 Å². The minimum Gasteiger partial charge on any atom is -0.479 e. The number of hydrogen-bond acceptors (Lipinski definition) is 4. The third kappa shape index (κ3) is 4.27. The van der Waals surface area contributed by atoms with Gasteiger partial charge in [-0.15, -0.1) is 0 Å². The van der Waals surface area contributed by atoms with Crippen molar-refractivity contribution in [1.29, 1.82) is 0 Å². The molecule has 0 aliphatic heterocycles. The van der Waals surface area contributed by atoms with Gasteiger partial charge in [-0.1, -0.05) is 22.0 Å². The normalized spacial score (nSPS) is 13.2. The Kier molecular flexibility index (Phi) is 5.48. The molecule has 1 unspecified atom stereocenters. The monoisotopic (exact) mass is 351 g/mol. The zero-order chi connectivity index (χ0) is 14.6. The van der Waals surface area contributed by atoms with Gasteiger partial charge in [-0.3, -0.25) is 0 Å². The van der Waals surface area contributed by atoms with Crippen molar-refractivity contribution in [2.45, 2.75) is 17.9 Å². The highest BCUT2D eigenvalue weighted by molar-refractivity contribution is 9.10. The maximum absolute atomic E-state index is 12.1. The molecule has 0 aromatic heterocycles. The predicted molar refractivity (Wildman–Crippen MR) is 72.5 cm³/mol. The highest BCUT2D eigenvalue weighted by Gasteiger charge is 2.22. The number of ether oxygens (including phenoxy) is 1. The van der Waals surface area contributed by atoms with Gasteiger partial charge < -0.3 is 9.84 Å². The Morgan fingerprint density at radius 1 is 1.53 bits per heavy atom. The molecule has 2 N–H and O–H groups in total. The Morgan fingerprint density at radius 2 is 2.16 bits per heavy atom. The Bertz CT molecular complexity index is 572. The number of aryl methyl sites for hydroxylation is 1. The van der Waals surface area contributed by atoms with Crippen molar-refractivity contribution in [3.05, 3.63) is 28.2 Å². The molecule has 0 spiro atoms. The van der Waals surface area contributed by atoms with Crippen molar-refractivity contribution >= 4 is 31.9 Å². The first-order valence-corrected chi connectivity index (χ1v) is 7.57. The van der Waals surface area contributed by atoms with E-state index >= 15 is 0 Å². The molecule has 0 fully saturated rings. The van der Waals surface area contributed by atoms with E-state index in [9.17, 15) is 13.2 Å². The topological polar surface area (TPSA) is 92.7 Å². The Hall–Kier alpha value is -0.960. The van der Waals surface area contributed by atoms with E-state index in [1.807, 2.05) is 0 Å². The molecule has 106 valence electrons. The fourth-order valence-corrected chi connectivity index (χ4v) is 3.21. The highest BCUT2D eigenvalue weighted by Crippen LogP contribution is 2.20. The third-order valence-electron chi connectivity index (χ3n) is 2.46. The molecule has 6 nitrogen and oxygen atoms in total. The van der Waals surface area contributed by atoms with Crippen molar-refractivity contribution in [3.63, 3.8) is 0 Å². The van der Waals surface area contributed by atoms with Crippen molar-refractivity contribution in [2.24, 2.45) is 0 Å². The molecule has 0 saturated heterocycles. The summed E-state index contributed by atoms with van der Waals surface area (Å²) in [4.78, 5) is 10.8. The SMILES string of the molecule is COC(CNS(=O)(=O)c1cc(Br)ccc1C)C(=O)O. The number of carboxylic acids is 1. The van der Waals surface area contributed by atoms with Gasteiger partial charge in [0.1, 0.15) is 0 Å². The lowest BCUT2D eigenvalue weighted by molar-refractivity contribution is -0.147. The van der Waals surface area contributed by atoms with Crippen LogP contribution in [0.1, 0.15) is 5.56 Å². The smallest absolute Gasteiger partial charge is 0.334 e. The van der Waals surface area contributed by atoms with Crippen molar-refractivity contribution in [2.75, 3.05) is 13.7 Å². The number of carbonyl (C=O) groups is 1. The largest absolute Gasteiger partial charge is 0.479 e. The number of rotatable bonds is 6. The predicted octanol–water partition coefficient (Wildman–Crippen LogP) is 1.14. The minimum atomic E-state index is -3.78. The summed E-state index contributed by atoms with van der Waals surface area (Å²) >= 11 is 3.19. The Labute approximate surface area is 120 Å². The lowest BCUT2D eigenvalue weighted by Crippen LogP contribution is -2.38. The molecule has 0 aliphatic rings. The molecular formula is C11H14BrNO5S. The summed E-state index contributed by atoms with van der Waals surface area (Å²) in [5.74, 6) is -1.23. The van der Waals surface area contributed by atoms with Crippen LogP contribution in [0.25, 0.3) is 0 Å². The number of aliphatic carboxylic acids is 1. The fraction of sp³-hybridized carbons (Fsp3) is 0.364. The molecule has 0 radical (unpaired) electrons. The number of methoxy groups -OCH3 is 1. The lowest BCUT2D eigenvalue weighted by Gasteiger charge is -2.13. The van der Waals surface area contributed by atoms with Crippen molar-refractivity contribution in [3.8, 4) is 0 Å². The molecule has 0 aliphatic carbocycles. The van der Waals surface area contributed by atoms with Crippen LogP contribution in [0.4, 0.5) is 0 Å². The Balaban J connectivity index is 2.93. The van der Waals surface area contributed by atoms with Gasteiger partial charge in [0.2, 0.25) is 10.0 Å². The molecule has 0 bridgehead atoms. The van der Waals surface area contributed by atoms with Crippen LogP contribution in [0.3, 0.4) is 0 Å². The van der Waals surface area contributed by atoms with Crippen LogP contribution in [-0.2, 0) is 19.6 Å². The first-order chi connectivity index (χ1) is 8.77. The van der Waals surface area contributed by atoms with Gasteiger partial charge >= 0.3 is 5.97 Å². The molecule has 8 heteroatoms. The average Bonchev–Trinajstić information content (AvgIpc) is 2.32. The number of sulfonamides is 1. The van der Waals surface area contributed by atoms with Crippen LogP contribution in [-0.4, -0.2) is 39.3 Å². The summed E-state index contributed by atoms with van der Waals surface area (Å²) in [6.07, 6.45) is -1.22. The van der Waals surface area contributed by atoms with E-state index in [2.05, 4.69) is 25.4 Å². The summed E-state index contributed by atoms with van der Waals surface area (Å²) in [7, 11) is -2.57. The summed E-state index contributed by atoms with van der Waals surface area (Å²) in [6.45, 7) is 1.33. The molecular weight excluding hydrogens is 338 g/mol. The molecule has 0 saturated carbocycles. The van der Waals surface area contributed by atoms with Crippen LogP contribution in [0.2, 0.25) is 0 Å². The maximum Gasteiger partial charge on any atom is 0.334 e. The van der Waals surface area contributed by atoms with E-state index in [1.54, 1.807) is 19.1 Å². The van der Waals surface area contributed by atoms with Crippen molar-refractivity contribution in [1.82, 2.24) is 4.72 Å². The third-order valence-corrected chi connectivity index (χ3v) is 4.52. The number of nitrogens with one attached hydrogen (secondary N) is 1. The molecule has 1 atom stereocenters. The molecule has 1 aromatic carbocycles. The summed E-state index contributed by atoms with van der Waals surface area (Å²) < 4.78 is 31.6. The van der Waals surface area contributed by atoms with Crippen LogP contribution in [0, 0.1) is 6.92 Å². The number of hydrogen-bond donors (Lipinski definition) is 2. The average molecular weight is 352 g/mol. The van der Waals surface area contributed by atoms with E-state index in [1.165, 1.54) is 13.2 Å². The van der Waals surface area contributed by atoms with Gasteiger partial charge in [0.25, 0.3) is 0 Å². The molecule has 1 rings (SSSR count). The van der Waals surface area contributed by atoms with E-state index in [0.29, 0.717) is 10.0 Å². The number of benzene rings is 1. The van der Waals surface area contributed by atoms with E-state index < -0.39 is 22.1 Å². The zero-order valence-electron chi connectivity index (χ0n) is 10.4. The van der Waals surface area contributed by atoms with Gasteiger partial charge in [-0.25, -0.2) is 17.9 Å². The Morgan fingerprint density at radius 3 is 2.68 bits per heavy atom. The van der Waals surface area contributed by atoms with Gasteiger partial charge in [-0.05, 0) is 24.6 Å². The summed E-state index contributed by atoms with van der Waals surface area (Å²) in [5, 5.41) is 8.77. The van der Waals surface area contributed by atoms with Gasteiger partial charge in [-0.2, -0.15) is 0 Å². The zero-order valence-corrected chi connectivity index (χ0v) is 12.8. The number of carboxylic acid groups (broad SMARTS) is 1. The van der Waals surface area contributed by atoms with E-state index in [-0.39, 0.29) is 11.4 Å². The van der Waals surface area contributed by atoms with Crippen LogP contribution < -0.4 is 4.72 Å². The highest BCUT2D eigenvalue weighted by atomic mass is 79.9. The standard InChI is InChI=1S/C11H14BrNO5S/c1-7-3-4-8(12)5-10(7)19(16,17)13-6-9(18-2)11(14)15/h3-5,9,13H,6H2,1-2H3,(H,14,15). The van der Waals surface area contributed by atoms with Gasteiger partial charge in [0.15, 0.2) is 6.10 Å². The molecule has 0 amide bonds. The summed E-state index contributed by atoms with van der Waals surface area (Å²) in [5.41, 5.74) is 0.569. The fourth-order valence-electron chi connectivity index (χ4n) is 1.40. The first-order valence-electron chi connectivity index (χ1n) is 5.29. The van der Waals surface area contributed by atoms with Crippen LogP contribution in [0.5, 0.6) is 0 Å². The van der Waals surface area contributed by atoms with Crippen LogP contribution in [0.15, 0.2) is 27.6 Å². The summed E-state index contributed by atoms with van der Waals surface area (Å²) in [6, 6.07) is 4.84.